The summed E-state index contributed by atoms with van der Waals surface area (Å²) in [5.74, 6) is 0.297. The van der Waals surface area contributed by atoms with E-state index in [0.29, 0.717) is 42.1 Å². The second-order valence-electron chi connectivity index (χ2n) is 8.64. The molecular formula is C25H31N3O4S. The Morgan fingerprint density at radius 1 is 0.970 bits per heavy atom. The number of rotatable bonds is 6. The predicted octanol–water partition coefficient (Wildman–Crippen LogP) is 3.42. The lowest BCUT2D eigenvalue weighted by Gasteiger charge is -2.38. The average molecular weight is 470 g/mol. The number of hydrogen-bond acceptors (Lipinski definition) is 5. The number of thiophene rings is 1. The highest BCUT2D eigenvalue weighted by molar-refractivity contribution is 7.12. The van der Waals surface area contributed by atoms with Crippen molar-refractivity contribution in [1.29, 1.82) is 0 Å². The Kier molecular flexibility index (Phi) is 7.65. The van der Waals surface area contributed by atoms with E-state index >= 15 is 0 Å². The van der Waals surface area contributed by atoms with Crippen molar-refractivity contribution in [2.75, 3.05) is 33.3 Å². The maximum Gasteiger partial charge on any atom is 0.262 e. The van der Waals surface area contributed by atoms with Crippen molar-refractivity contribution in [2.45, 2.75) is 38.1 Å². The lowest BCUT2D eigenvalue weighted by Crippen LogP contribution is -2.55. The number of methoxy groups -OCH3 is 1. The third kappa shape index (κ3) is 5.38. The molecule has 0 radical (unpaired) electrons. The molecule has 0 saturated carbocycles. The van der Waals surface area contributed by atoms with Crippen LogP contribution in [0.2, 0.25) is 0 Å². The van der Waals surface area contributed by atoms with Crippen LogP contribution in [0.5, 0.6) is 5.75 Å². The molecule has 3 amide bonds. The fourth-order valence-corrected chi connectivity index (χ4v) is 5.37. The van der Waals surface area contributed by atoms with Crippen LogP contribution in [0.1, 0.15) is 52.1 Å². The number of likely N-dealkylation sites (tertiary alicyclic amines) is 2. The topological polar surface area (TPSA) is 79.0 Å². The van der Waals surface area contributed by atoms with Gasteiger partial charge in [0.25, 0.3) is 11.8 Å². The van der Waals surface area contributed by atoms with E-state index in [1.54, 1.807) is 25.3 Å². The van der Waals surface area contributed by atoms with Gasteiger partial charge in [0.1, 0.15) is 11.8 Å². The lowest BCUT2D eigenvalue weighted by atomic mass is 9.87. The van der Waals surface area contributed by atoms with E-state index in [0.717, 1.165) is 32.4 Å². The summed E-state index contributed by atoms with van der Waals surface area (Å²) in [4.78, 5) is 43.7. The Labute approximate surface area is 198 Å². The van der Waals surface area contributed by atoms with Gasteiger partial charge in [0.2, 0.25) is 5.91 Å². The first-order valence-corrected chi connectivity index (χ1v) is 12.5. The number of ether oxygens (including phenoxy) is 1. The van der Waals surface area contributed by atoms with Crippen LogP contribution in [0.4, 0.5) is 0 Å². The largest absolute Gasteiger partial charge is 0.496 e. The fourth-order valence-electron chi connectivity index (χ4n) is 4.74. The highest BCUT2D eigenvalue weighted by atomic mass is 32.1. The van der Waals surface area contributed by atoms with Gasteiger partial charge in [-0.15, -0.1) is 11.3 Å². The van der Waals surface area contributed by atoms with Crippen LogP contribution in [0.15, 0.2) is 41.8 Å². The Bertz CT molecular complexity index is 964. The molecule has 33 heavy (non-hydrogen) atoms. The van der Waals surface area contributed by atoms with Gasteiger partial charge in [-0.1, -0.05) is 18.2 Å². The van der Waals surface area contributed by atoms with Crippen molar-refractivity contribution < 1.29 is 19.1 Å². The standard InChI is InChI=1S/C25H31N3O4S/c1-32-20-9-4-3-8-19(20)24(30)28-15-11-18(12-16-28)22(25(31)27-13-5-2-6-14-27)26-23(29)21-10-7-17-33-21/h3-4,7-10,17-18,22H,2,5-6,11-16H2,1H3,(H,26,29). The van der Waals surface area contributed by atoms with Gasteiger partial charge in [-0.3, -0.25) is 14.4 Å². The van der Waals surface area contributed by atoms with Gasteiger partial charge in [-0.2, -0.15) is 0 Å². The average Bonchev–Trinajstić information content (AvgIpc) is 3.42. The maximum atomic E-state index is 13.4. The zero-order chi connectivity index (χ0) is 23.2. The van der Waals surface area contributed by atoms with Crippen molar-refractivity contribution in [2.24, 2.45) is 5.92 Å². The molecule has 7 nitrogen and oxygen atoms in total. The molecular weight excluding hydrogens is 438 g/mol. The van der Waals surface area contributed by atoms with Crippen LogP contribution < -0.4 is 10.1 Å². The van der Waals surface area contributed by atoms with Gasteiger partial charge in [-0.05, 0) is 61.6 Å². The quantitative estimate of drug-likeness (QED) is 0.703. The molecule has 2 saturated heterocycles. The normalized spacial score (nSPS) is 18.0. The van der Waals surface area contributed by atoms with Gasteiger partial charge in [-0.25, -0.2) is 0 Å². The number of piperidine rings is 2. The fraction of sp³-hybridized carbons (Fsp3) is 0.480. The second kappa shape index (κ2) is 10.8. The number of benzene rings is 1. The van der Waals surface area contributed by atoms with E-state index in [1.807, 2.05) is 33.4 Å². The minimum Gasteiger partial charge on any atom is -0.496 e. The Hall–Kier alpha value is -2.87. The van der Waals surface area contributed by atoms with E-state index in [9.17, 15) is 14.4 Å². The number of carbonyl (C=O) groups excluding carboxylic acids is 3. The van der Waals surface area contributed by atoms with Crippen LogP contribution >= 0.6 is 11.3 Å². The van der Waals surface area contributed by atoms with Crippen LogP contribution in [0.3, 0.4) is 0 Å². The minimum atomic E-state index is -0.568. The molecule has 1 N–H and O–H groups in total. The number of amides is 3. The SMILES string of the molecule is COc1ccccc1C(=O)N1CCC(C(NC(=O)c2cccs2)C(=O)N2CCCCC2)CC1. The lowest BCUT2D eigenvalue weighted by molar-refractivity contribution is -0.136. The first kappa shape index (κ1) is 23.3. The summed E-state index contributed by atoms with van der Waals surface area (Å²) in [5.41, 5.74) is 0.547. The van der Waals surface area contributed by atoms with Gasteiger partial charge < -0.3 is 19.9 Å². The minimum absolute atomic E-state index is 0.00844. The molecule has 176 valence electrons. The Morgan fingerprint density at radius 3 is 2.36 bits per heavy atom. The molecule has 2 aliphatic heterocycles. The van der Waals surface area contributed by atoms with Crippen LogP contribution in [0.25, 0.3) is 0 Å². The van der Waals surface area contributed by atoms with Crippen LogP contribution in [0, 0.1) is 5.92 Å². The Morgan fingerprint density at radius 2 is 1.70 bits per heavy atom. The van der Waals surface area contributed by atoms with Crippen molar-refractivity contribution in [3.8, 4) is 5.75 Å². The third-order valence-electron chi connectivity index (χ3n) is 6.60. The van der Waals surface area contributed by atoms with E-state index < -0.39 is 6.04 Å². The summed E-state index contributed by atoms with van der Waals surface area (Å²) in [6, 6.07) is 10.3. The summed E-state index contributed by atoms with van der Waals surface area (Å²) in [6.45, 7) is 2.57. The molecule has 3 heterocycles. The maximum absolute atomic E-state index is 13.4. The number of nitrogens with zero attached hydrogens (tertiary/aromatic N) is 2. The molecule has 2 aliphatic rings. The van der Waals surface area contributed by atoms with E-state index in [2.05, 4.69) is 5.32 Å². The smallest absolute Gasteiger partial charge is 0.262 e. The van der Waals surface area contributed by atoms with Crippen LogP contribution in [-0.4, -0.2) is 66.9 Å². The van der Waals surface area contributed by atoms with Crippen molar-refractivity contribution >= 4 is 29.1 Å². The zero-order valence-corrected chi connectivity index (χ0v) is 19.8. The van der Waals surface area contributed by atoms with Gasteiger partial charge in [0.15, 0.2) is 0 Å². The van der Waals surface area contributed by atoms with Crippen molar-refractivity contribution in [3.05, 3.63) is 52.2 Å². The van der Waals surface area contributed by atoms with Crippen LogP contribution in [-0.2, 0) is 4.79 Å². The molecule has 1 atom stereocenters. The second-order valence-corrected chi connectivity index (χ2v) is 9.59. The van der Waals surface area contributed by atoms with Gasteiger partial charge >= 0.3 is 0 Å². The van der Waals surface area contributed by atoms with Gasteiger partial charge in [0, 0.05) is 26.2 Å². The monoisotopic (exact) mass is 469 g/mol. The molecule has 2 aromatic rings. The van der Waals surface area contributed by atoms with Gasteiger partial charge in [0.05, 0.1) is 17.6 Å². The molecule has 4 rings (SSSR count). The summed E-state index contributed by atoms with van der Waals surface area (Å²) in [7, 11) is 1.56. The summed E-state index contributed by atoms with van der Waals surface area (Å²) >= 11 is 1.37. The summed E-state index contributed by atoms with van der Waals surface area (Å²) in [6.07, 6.45) is 4.47. The highest BCUT2D eigenvalue weighted by Crippen LogP contribution is 2.27. The number of carbonyl (C=O) groups is 3. The number of para-hydroxylation sites is 1. The number of hydrogen-bond donors (Lipinski definition) is 1. The third-order valence-corrected chi connectivity index (χ3v) is 7.47. The molecule has 2 fully saturated rings. The molecule has 1 aromatic heterocycles. The highest BCUT2D eigenvalue weighted by Gasteiger charge is 2.37. The van der Waals surface area contributed by atoms with E-state index in [-0.39, 0.29) is 23.6 Å². The molecule has 0 bridgehead atoms. The van der Waals surface area contributed by atoms with E-state index in [4.69, 9.17) is 4.74 Å². The first-order chi connectivity index (χ1) is 16.1. The van der Waals surface area contributed by atoms with Crippen molar-refractivity contribution in [3.63, 3.8) is 0 Å². The molecule has 0 aliphatic carbocycles. The predicted molar refractivity (Wildman–Crippen MR) is 128 cm³/mol. The summed E-state index contributed by atoms with van der Waals surface area (Å²) in [5, 5.41) is 4.90. The summed E-state index contributed by atoms with van der Waals surface area (Å²) < 4.78 is 5.35. The number of nitrogens with one attached hydrogen (secondary N) is 1. The molecule has 1 unspecified atom stereocenters. The Balaban J connectivity index is 1.45. The molecule has 8 heteroatoms. The molecule has 1 aromatic carbocycles. The zero-order valence-electron chi connectivity index (χ0n) is 19.0. The van der Waals surface area contributed by atoms with Crippen molar-refractivity contribution in [1.82, 2.24) is 15.1 Å². The van der Waals surface area contributed by atoms with E-state index in [1.165, 1.54) is 11.3 Å². The molecule has 0 spiro atoms. The first-order valence-electron chi connectivity index (χ1n) is 11.6.